The van der Waals surface area contributed by atoms with E-state index >= 15 is 0 Å². The molecule has 3 rings (SSSR count). The minimum atomic E-state index is -1.09. The van der Waals surface area contributed by atoms with E-state index in [4.69, 9.17) is 16.9 Å². The predicted molar refractivity (Wildman–Crippen MR) is 150 cm³/mol. The fourth-order valence-electron chi connectivity index (χ4n) is 6.15. The van der Waals surface area contributed by atoms with Crippen LogP contribution in [0.3, 0.4) is 0 Å². The number of carboxylic acids is 1. The van der Waals surface area contributed by atoms with Gasteiger partial charge in [-0.05, 0) is 63.7 Å². The average molecular weight is 579 g/mol. The Morgan fingerprint density at radius 1 is 0.902 bits per heavy atom. The average Bonchev–Trinajstić information content (AvgIpc) is 3.69. The Kier molecular flexibility index (Phi) is 11.3. The summed E-state index contributed by atoms with van der Waals surface area (Å²) in [6, 6.07) is -4.11. The van der Waals surface area contributed by atoms with Gasteiger partial charge in [-0.25, -0.2) is 4.79 Å². The molecule has 3 aliphatic heterocycles. The number of nitrogens with one attached hydrogen (secondary N) is 3. The number of carbonyl (C=O) groups is 5. The highest BCUT2D eigenvalue weighted by Gasteiger charge is 2.44. The van der Waals surface area contributed by atoms with Gasteiger partial charge in [-0.3, -0.25) is 24.6 Å². The number of carboxylic acid groups (broad SMARTS) is 1. The van der Waals surface area contributed by atoms with Crippen molar-refractivity contribution in [2.45, 2.75) is 102 Å². The van der Waals surface area contributed by atoms with Gasteiger partial charge >= 0.3 is 5.97 Å². The zero-order chi connectivity index (χ0) is 30.3. The maximum Gasteiger partial charge on any atom is 0.326 e. The monoisotopic (exact) mass is 578 g/mol. The van der Waals surface area contributed by atoms with Crippen molar-refractivity contribution >= 4 is 35.6 Å². The molecule has 230 valence electrons. The smallest absolute Gasteiger partial charge is 0.326 e. The van der Waals surface area contributed by atoms with Crippen molar-refractivity contribution in [2.24, 2.45) is 17.4 Å². The quantitative estimate of drug-likeness (QED) is 0.0966. The molecule has 8 N–H and O–H groups in total. The van der Waals surface area contributed by atoms with Crippen LogP contribution in [0.15, 0.2) is 0 Å². The summed E-state index contributed by atoms with van der Waals surface area (Å²) in [4.78, 5) is 69.8. The zero-order valence-electron chi connectivity index (χ0n) is 24.1. The largest absolute Gasteiger partial charge is 0.480 e. The lowest BCUT2D eigenvalue weighted by molar-refractivity contribution is -0.150. The normalized spacial score (nSPS) is 23.9. The summed E-state index contributed by atoms with van der Waals surface area (Å²) < 4.78 is 0. The fraction of sp³-hybridized carbons (Fsp3) is 0.778. The SMILES string of the molecule is CC(C)C[C@H](N)C(=O)N1CCC[C@H]1C(=O)N1CCC[C@H]1C(=O)N[C@@H](CCCNC(=N)N)C(=O)N1CCC[C@H]1C(=O)O. The summed E-state index contributed by atoms with van der Waals surface area (Å²) >= 11 is 0. The van der Waals surface area contributed by atoms with Gasteiger partial charge in [0.2, 0.25) is 23.6 Å². The molecule has 0 spiro atoms. The predicted octanol–water partition coefficient (Wildman–Crippen LogP) is -0.835. The first-order valence-electron chi connectivity index (χ1n) is 14.7. The van der Waals surface area contributed by atoms with Crippen molar-refractivity contribution in [3.05, 3.63) is 0 Å². The van der Waals surface area contributed by atoms with Gasteiger partial charge in [0.05, 0.1) is 6.04 Å². The van der Waals surface area contributed by atoms with Crippen LogP contribution in [0, 0.1) is 11.3 Å². The molecule has 0 aromatic carbocycles. The van der Waals surface area contributed by atoms with E-state index in [9.17, 15) is 29.1 Å². The molecule has 3 aliphatic rings. The summed E-state index contributed by atoms with van der Waals surface area (Å²) in [5.41, 5.74) is 11.5. The van der Waals surface area contributed by atoms with E-state index in [-0.39, 0.29) is 36.7 Å². The van der Waals surface area contributed by atoms with E-state index in [0.717, 1.165) is 0 Å². The van der Waals surface area contributed by atoms with E-state index in [1.807, 2.05) is 13.8 Å². The first-order valence-corrected chi connectivity index (χ1v) is 14.7. The molecule has 41 heavy (non-hydrogen) atoms. The van der Waals surface area contributed by atoms with Crippen molar-refractivity contribution < 1.29 is 29.1 Å². The maximum atomic E-state index is 13.7. The fourth-order valence-corrected chi connectivity index (χ4v) is 6.15. The van der Waals surface area contributed by atoms with Crippen LogP contribution in [0.2, 0.25) is 0 Å². The molecule has 0 aromatic rings. The second kappa shape index (κ2) is 14.5. The second-order valence-corrected chi connectivity index (χ2v) is 11.7. The van der Waals surface area contributed by atoms with Gasteiger partial charge in [-0.15, -0.1) is 0 Å². The first kappa shape index (κ1) is 32.1. The highest BCUT2D eigenvalue weighted by molar-refractivity contribution is 5.96. The Labute approximate surface area is 241 Å². The summed E-state index contributed by atoms with van der Waals surface area (Å²) in [6.45, 7) is 5.36. The van der Waals surface area contributed by atoms with E-state index in [0.29, 0.717) is 71.0 Å². The Morgan fingerprint density at radius 3 is 2.05 bits per heavy atom. The van der Waals surface area contributed by atoms with E-state index < -0.39 is 48.0 Å². The highest BCUT2D eigenvalue weighted by atomic mass is 16.4. The molecule has 3 heterocycles. The third-order valence-corrected chi connectivity index (χ3v) is 8.12. The Morgan fingerprint density at radius 2 is 1.46 bits per heavy atom. The van der Waals surface area contributed by atoms with Crippen LogP contribution in [-0.2, 0) is 24.0 Å². The number of guanidine groups is 1. The molecule has 3 fully saturated rings. The number of nitrogens with two attached hydrogens (primary N) is 2. The molecule has 14 heteroatoms. The lowest BCUT2D eigenvalue weighted by Gasteiger charge is -2.33. The third-order valence-electron chi connectivity index (χ3n) is 8.12. The van der Waals surface area contributed by atoms with Crippen molar-refractivity contribution in [2.75, 3.05) is 26.2 Å². The summed E-state index contributed by atoms with van der Waals surface area (Å²) in [7, 11) is 0. The van der Waals surface area contributed by atoms with Gasteiger partial charge in [-0.2, -0.15) is 0 Å². The maximum absolute atomic E-state index is 13.7. The van der Waals surface area contributed by atoms with Crippen LogP contribution >= 0.6 is 0 Å². The van der Waals surface area contributed by atoms with Crippen molar-refractivity contribution in [3.8, 4) is 0 Å². The molecule has 0 aliphatic carbocycles. The zero-order valence-corrected chi connectivity index (χ0v) is 24.1. The highest BCUT2D eigenvalue weighted by Crippen LogP contribution is 2.26. The molecule has 0 aromatic heterocycles. The summed E-state index contributed by atoms with van der Waals surface area (Å²) in [5, 5.41) is 22.4. The van der Waals surface area contributed by atoms with Crippen LogP contribution in [0.1, 0.15) is 71.6 Å². The second-order valence-electron chi connectivity index (χ2n) is 11.7. The van der Waals surface area contributed by atoms with Gasteiger partial charge in [-0.1, -0.05) is 13.8 Å². The van der Waals surface area contributed by atoms with Gasteiger partial charge < -0.3 is 41.9 Å². The molecular weight excluding hydrogens is 532 g/mol. The summed E-state index contributed by atoms with van der Waals surface area (Å²) in [5.74, 6) is -2.57. The van der Waals surface area contributed by atoms with Gasteiger partial charge in [0.15, 0.2) is 5.96 Å². The van der Waals surface area contributed by atoms with Crippen LogP contribution in [-0.4, -0.2) is 112 Å². The van der Waals surface area contributed by atoms with Crippen LogP contribution < -0.4 is 22.1 Å². The van der Waals surface area contributed by atoms with E-state index in [2.05, 4.69) is 10.6 Å². The van der Waals surface area contributed by atoms with Crippen LogP contribution in [0.25, 0.3) is 0 Å². The number of amides is 4. The standard InChI is InChI=1S/C27H46N8O6/c1-16(2)15-17(28)23(37)34-13-5-9-20(34)25(39)33-12-4-8-19(33)22(36)32-18(7-3-11-31-27(29)30)24(38)35-14-6-10-21(35)26(40)41/h16-21H,3-15,28H2,1-2H3,(H,32,36)(H,40,41)(H4,29,30,31)/t17-,18-,19-,20-,21-/m0/s1. The van der Waals surface area contributed by atoms with Crippen molar-refractivity contribution in [1.82, 2.24) is 25.3 Å². The molecule has 4 amide bonds. The lowest BCUT2D eigenvalue weighted by Crippen LogP contribution is -2.57. The molecule has 0 bridgehead atoms. The summed E-state index contributed by atoms with van der Waals surface area (Å²) in [6.07, 6.45) is 4.20. The number of rotatable bonds is 12. The topological polar surface area (TPSA) is 215 Å². The Balaban J connectivity index is 1.71. The van der Waals surface area contributed by atoms with Gasteiger partial charge in [0.1, 0.15) is 24.2 Å². The molecule has 14 nitrogen and oxygen atoms in total. The Hall–Kier alpha value is -3.42. The Bertz CT molecular complexity index is 1010. The minimum absolute atomic E-state index is 0.201. The lowest BCUT2D eigenvalue weighted by atomic mass is 10.0. The molecule has 3 saturated heterocycles. The number of nitrogens with zero attached hydrogens (tertiary/aromatic N) is 3. The van der Waals surface area contributed by atoms with Crippen molar-refractivity contribution in [3.63, 3.8) is 0 Å². The van der Waals surface area contributed by atoms with Crippen LogP contribution in [0.5, 0.6) is 0 Å². The number of hydrogen-bond donors (Lipinski definition) is 6. The van der Waals surface area contributed by atoms with E-state index in [1.165, 1.54) is 9.80 Å². The molecule has 0 radical (unpaired) electrons. The van der Waals surface area contributed by atoms with E-state index in [1.54, 1.807) is 4.90 Å². The first-order chi connectivity index (χ1) is 19.4. The number of hydrogen-bond acceptors (Lipinski definition) is 7. The minimum Gasteiger partial charge on any atom is -0.480 e. The number of carbonyl (C=O) groups excluding carboxylic acids is 4. The van der Waals surface area contributed by atoms with Gasteiger partial charge in [0, 0.05) is 26.2 Å². The number of aliphatic carboxylic acids is 1. The molecular formula is C27H46N8O6. The molecule has 0 unspecified atom stereocenters. The number of likely N-dealkylation sites (tertiary alicyclic amines) is 3. The molecule has 5 atom stereocenters. The van der Waals surface area contributed by atoms with Crippen molar-refractivity contribution in [1.29, 1.82) is 5.41 Å². The van der Waals surface area contributed by atoms with Crippen LogP contribution in [0.4, 0.5) is 0 Å². The third kappa shape index (κ3) is 8.08. The van der Waals surface area contributed by atoms with Gasteiger partial charge in [0.25, 0.3) is 0 Å². The molecule has 0 saturated carbocycles.